The Hall–Kier alpha value is -2.63. The van der Waals surface area contributed by atoms with Gasteiger partial charge in [0.25, 0.3) is 11.8 Å². The molecular formula is C17H22N2O4. The van der Waals surface area contributed by atoms with Crippen molar-refractivity contribution in [3.63, 3.8) is 0 Å². The number of nitrogens with one attached hydrogen (secondary N) is 2. The molecule has 0 saturated carbocycles. The highest BCUT2D eigenvalue weighted by molar-refractivity contribution is 5.97. The first-order valence-corrected chi connectivity index (χ1v) is 7.35. The minimum atomic E-state index is -0.824. The standard InChI is InChI=1S/C17H22N2O4/c1-4-10-18-14(20)11-23-17(22)15(12(2)3)19-16(21)13-8-6-5-7-9-13/h4-9,12,15H,1,10-11H2,2-3H3,(H,18,20)(H,19,21)/t15-/m1/s1. The highest BCUT2D eigenvalue weighted by atomic mass is 16.5. The number of hydrogen-bond acceptors (Lipinski definition) is 4. The van der Waals surface area contributed by atoms with E-state index in [2.05, 4.69) is 17.2 Å². The molecule has 6 heteroatoms. The van der Waals surface area contributed by atoms with Gasteiger partial charge in [0.05, 0.1) is 0 Å². The highest BCUT2D eigenvalue weighted by Gasteiger charge is 2.26. The van der Waals surface area contributed by atoms with E-state index >= 15 is 0 Å². The average molecular weight is 318 g/mol. The molecule has 0 spiro atoms. The number of carbonyl (C=O) groups excluding carboxylic acids is 3. The molecule has 1 atom stereocenters. The lowest BCUT2D eigenvalue weighted by atomic mass is 10.0. The van der Waals surface area contributed by atoms with Gasteiger partial charge >= 0.3 is 5.97 Å². The van der Waals surface area contributed by atoms with E-state index in [1.807, 2.05) is 0 Å². The topological polar surface area (TPSA) is 84.5 Å². The number of amides is 2. The Morgan fingerprint density at radius 2 is 1.87 bits per heavy atom. The summed E-state index contributed by atoms with van der Waals surface area (Å²) in [6, 6.07) is 7.76. The van der Waals surface area contributed by atoms with Crippen LogP contribution < -0.4 is 10.6 Å². The van der Waals surface area contributed by atoms with Crippen molar-refractivity contribution in [1.82, 2.24) is 10.6 Å². The Kier molecular flexibility index (Phi) is 7.53. The molecule has 2 N–H and O–H groups in total. The second-order valence-corrected chi connectivity index (χ2v) is 5.26. The van der Waals surface area contributed by atoms with Crippen LogP contribution in [0.2, 0.25) is 0 Å². The van der Waals surface area contributed by atoms with Crippen molar-refractivity contribution < 1.29 is 19.1 Å². The molecule has 0 fully saturated rings. The molecule has 0 unspecified atom stereocenters. The quantitative estimate of drug-likeness (QED) is 0.559. The van der Waals surface area contributed by atoms with Crippen LogP contribution in [0, 0.1) is 5.92 Å². The fourth-order valence-electron chi connectivity index (χ4n) is 1.78. The first-order chi connectivity index (χ1) is 11.0. The van der Waals surface area contributed by atoms with Crippen LogP contribution >= 0.6 is 0 Å². The monoisotopic (exact) mass is 318 g/mol. The number of rotatable bonds is 8. The van der Waals surface area contributed by atoms with Crippen molar-refractivity contribution >= 4 is 17.8 Å². The third-order valence-electron chi connectivity index (χ3n) is 3.03. The fourth-order valence-corrected chi connectivity index (χ4v) is 1.78. The summed E-state index contributed by atoms with van der Waals surface area (Å²) in [5, 5.41) is 5.14. The van der Waals surface area contributed by atoms with Crippen LogP contribution in [0.25, 0.3) is 0 Å². The first-order valence-electron chi connectivity index (χ1n) is 7.35. The van der Waals surface area contributed by atoms with Crippen molar-refractivity contribution in [2.75, 3.05) is 13.2 Å². The summed E-state index contributed by atoms with van der Waals surface area (Å²) >= 11 is 0. The van der Waals surface area contributed by atoms with E-state index in [0.717, 1.165) is 0 Å². The smallest absolute Gasteiger partial charge is 0.329 e. The lowest BCUT2D eigenvalue weighted by Crippen LogP contribution is -2.46. The van der Waals surface area contributed by atoms with Crippen molar-refractivity contribution in [1.29, 1.82) is 0 Å². The number of carbonyl (C=O) groups is 3. The number of esters is 1. The third-order valence-corrected chi connectivity index (χ3v) is 3.03. The third kappa shape index (κ3) is 6.34. The van der Waals surface area contributed by atoms with Gasteiger partial charge in [0.15, 0.2) is 6.61 Å². The zero-order valence-corrected chi connectivity index (χ0v) is 13.4. The molecule has 0 saturated heterocycles. The SMILES string of the molecule is C=CCNC(=O)COC(=O)[C@H](NC(=O)c1ccccc1)C(C)C. The molecule has 6 nitrogen and oxygen atoms in total. The minimum absolute atomic E-state index is 0.175. The fraction of sp³-hybridized carbons (Fsp3) is 0.353. The molecule has 2 amide bonds. The average Bonchev–Trinajstić information content (AvgIpc) is 2.55. The molecule has 1 rings (SSSR count). The van der Waals surface area contributed by atoms with Crippen LogP contribution in [0.3, 0.4) is 0 Å². The van der Waals surface area contributed by atoms with Gasteiger partial charge in [-0.15, -0.1) is 6.58 Å². The summed E-state index contributed by atoms with van der Waals surface area (Å²) in [5.74, 6) is -1.60. The van der Waals surface area contributed by atoms with Gasteiger partial charge in [0.2, 0.25) is 0 Å². The van der Waals surface area contributed by atoms with Crippen molar-refractivity contribution in [2.24, 2.45) is 5.92 Å². The maximum atomic E-state index is 12.1. The maximum absolute atomic E-state index is 12.1. The summed E-state index contributed by atoms with van der Waals surface area (Å²) in [7, 11) is 0. The Bertz CT molecular complexity index is 555. The van der Waals surface area contributed by atoms with E-state index in [9.17, 15) is 14.4 Å². The first kappa shape index (κ1) is 18.4. The Morgan fingerprint density at radius 1 is 1.22 bits per heavy atom. The zero-order valence-electron chi connectivity index (χ0n) is 13.4. The number of ether oxygens (including phenoxy) is 1. The van der Waals surface area contributed by atoms with E-state index in [-0.39, 0.29) is 11.8 Å². The van der Waals surface area contributed by atoms with Crippen LogP contribution in [0.4, 0.5) is 0 Å². The lowest BCUT2D eigenvalue weighted by molar-refractivity contribution is -0.151. The van der Waals surface area contributed by atoms with Gasteiger partial charge in [0, 0.05) is 12.1 Å². The van der Waals surface area contributed by atoms with Crippen LogP contribution in [-0.2, 0) is 14.3 Å². The van der Waals surface area contributed by atoms with Gasteiger partial charge in [-0.3, -0.25) is 9.59 Å². The number of benzene rings is 1. The van der Waals surface area contributed by atoms with Gasteiger partial charge in [0.1, 0.15) is 6.04 Å². The van der Waals surface area contributed by atoms with Crippen LogP contribution in [0.5, 0.6) is 0 Å². The molecule has 0 aliphatic heterocycles. The van der Waals surface area contributed by atoms with Crippen LogP contribution in [0.15, 0.2) is 43.0 Å². The Labute approximate surface area is 135 Å². The molecule has 0 heterocycles. The molecule has 0 aliphatic carbocycles. The van der Waals surface area contributed by atoms with E-state index in [1.54, 1.807) is 44.2 Å². The summed E-state index contributed by atoms with van der Waals surface area (Å²) in [6.07, 6.45) is 1.52. The largest absolute Gasteiger partial charge is 0.454 e. The normalized spacial score (nSPS) is 11.4. The molecule has 0 aliphatic rings. The lowest BCUT2D eigenvalue weighted by Gasteiger charge is -2.20. The van der Waals surface area contributed by atoms with Crippen molar-refractivity contribution in [2.45, 2.75) is 19.9 Å². The molecule has 0 radical (unpaired) electrons. The molecule has 1 aromatic carbocycles. The number of hydrogen-bond donors (Lipinski definition) is 2. The summed E-state index contributed by atoms with van der Waals surface area (Å²) in [5.41, 5.74) is 0.453. The molecule has 0 bridgehead atoms. The van der Waals surface area contributed by atoms with E-state index in [1.165, 1.54) is 6.08 Å². The minimum Gasteiger partial charge on any atom is -0.454 e. The molecule has 124 valence electrons. The summed E-state index contributed by atoms with van der Waals surface area (Å²) in [6.45, 7) is 6.95. The molecule has 23 heavy (non-hydrogen) atoms. The van der Waals surface area contributed by atoms with Gasteiger partial charge in [-0.05, 0) is 18.1 Å². The predicted molar refractivity (Wildman–Crippen MR) is 86.7 cm³/mol. The molecule has 1 aromatic rings. The van der Waals surface area contributed by atoms with Gasteiger partial charge in [-0.2, -0.15) is 0 Å². The van der Waals surface area contributed by atoms with Gasteiger partial charge in [-0.1, -0.05) is 38.1 Å². The second-order valence-electron chi connectivity index (χ2n) is 5.26. The van der Waals surface area contributed by atoms with Crippen LogP contribution in [0.1, 0.15) is 24.2 Å². The van der Waals surface area contributed by atoms with Crippen molar-refractivity contribution in [3.8, 4) is 0 Å². The summed E-state index contributed by atoms with van der Waals surface area (Å²) in [4.78, 5) is 35.6. The Balaban J connectivity index is 2.60. The predicted octanol–water partition coefficient (Wildman–Crippen LogP) is 1.29. The van der Waals surface area contributed by atoms with Gasteiger partial charge < -0.3 is 15.4 Å². The molecular weight excluding hydrogens is 296 g/mol. The van der Waals surface area contributed by atoms with Crippen LogP contribution in [-0.4, -0.2) is 37.0 Å². The second kappa shape index (κ2) is 9.40. The van der Waals surface area contributed by atoms with E-state index in [4.69, 9.17) is 4.74 Å². The highest BCUT2D eigenvalue weighted by Crippen LogP contribution is 2.07. The maximum Gasteiger partial charge on any atom is 0.329 e. The molecule has 0 aromatic heterocycles. The van der Waals surface area contributed by atoms with E-state index in [0.29, 0.717) is 12.1 Å². The van der Waals surface area contributed by atoms with E-state index < -0.39 is 24.5 Å². The van der Waals surface area contributed by atoms with Gasteiger partial charge in [-0.25, -0.2) is 4.79 Å². The van der Waals surface area contributed by atoms with Crippen molar-refractivity contribution in [3.05, 3.63) is 48.6 Å². The summed E-state index contributed by atoms with van der Waals surface area (Å²) < 4.78 is 4.96. The Morgan fingerprint density at radius 3 is 2.43 bits per heavy atom. The zero-order chi connectivity index (χ0) is 17.2.